The molecule has 2 atom stereocenters. The third-order valence-corrected chi connectivity index (χ3v) is 11.1. The Morgan fingerprint density at radius 2 is 0.778 bits per heavy atom. The normalized spacial score (nSPS) is 13.6. The van der Waals surface area contributed by atoms with E-state index in [9.17, 15) is 14.4 Å². The van der Waals surface area contributed by atoms with E-state index in [2.05, 4.69) is 60.3 Å². The molecule has 0 N–H and O–H groups in total. The van der Waals surface area contributed by atoms with Crippen LogP contribution in [0.25, 0.3) is 0 Å². The van der Waals surface area contributed by atoms with Crippen LogP contribution in [0.5, 0.6) is 0 Å². The maximum atomic E-state index is 12.6. The molecule has 0 aromatic heterocycles. The van der Waals surface area contributed by atoms with E-state index in [0.717, 1.165) is 103 Å². The number of carbonyl (C=O) groups excluding carboxylic acids is 3. The van der Waals surface area contributed by atoms with E-state index in [-0.39, 0.29) is 24.0 Å². The van der Waals surface area contributed by atoms with Gasteiger partial charge in [0.25, 0.3) is 0 Å². The van der Waals surface area contributed by atoms with Crippen molar-refractivity contribution in [2.75, 3.05) is 33.9 Å². The average molecular weight is 766 g/mol. The molecule has 0 aliphatic carbocycles. The second-order valence-electron chi connectivity index (χ2n) is 18.4. The zero-order valence-electron chi connectivity index (χ0n) is 37.5. The van der Waals surface area contributed by atoms with E-state index in [4.69, 9.17) is 14.2 Å². The summed E-state index contributed by atoms with van der Waals surface area (Å²) in [7, 11) is 4.07. The van der Waals surface area contributed by atoms with Crippen LogP contribution in [-0.2, 0) is 28.6 Å². The predicted octanol–water partition coefficient (Wildman–Crippen LogP) is 12.8. The molecule has 0 bridgehead atoms. The minimum atomic E-state index is -0.0514. The Morgan fingerprint density at radius 1 is 0.426 bits per heavy atom. The first kappa shape index (κ1) is 52.4. The molecule has 0 aliphatic heterocycles. The monoisotopic (exact) mass is 766 g/mol. The number of nitrogens with zero attached hydrogens (tertiary/aromatic N) is 1. The molecule has 0 aliphatic rings. The first-order valence-electron chi connectivity index (χ1n) is 22.9. The number of esters is 3. The van der Waals surface area contributed by atoms with Gasteiger partial charge in [-0.25, -0.2) is 0 Å². The van der Waals surface area contributed by atoms with Gasteiger partial charge in [0.15, 0.2) is 0 Å². The van der Waals surface area contributed by atoms with Crippen molar-refractivity contribution in [2.45, 2.75) is 216 Å². The highest BCUT2D eigenvalue weighted by atomic mass is 16.5. The molecule has 0 fully saturated rings. The number of hydrogen-bond acceptors (Lipinski definition) is 7. The molecule has 54 heavy (non-hydrogen) atoms. The molecule has 7 nitrogen and oxygen atoms in total. The van der Waals surface area contributed by atoms with Crippen molar-refractivity contribution in [3.8, 4) is 0 Å². The van der Waals surface area contributed by atoms with Crippen molar-refractivity contribution in [2.24, 2.45) is 35.5 Å². The molecule has 7 heteroatoms. The van der Waals surface area contributed by atoms with Crippen molar-refractivity contribution in [3.63, 3.8) is 0 Å². The molecule has 0 saturated heterocycles. The largest absolute Gasteiger partial charge is 0.465 e. The topological polar surface area (TPSA) is 82.1 Å². The molecule has 0 saturated carbocycles. The van der Waals surface area contributed by atoms with Gasteiger partial charge in [-0.15, -0.1) is 0 Å². The van der Waals surface area contributed by atoms with Crippen molar-refractivity contribution < 1.29 is 28.6 Å². The standard InChI is InChI=1S/C47H91NO6/c1-38(2)31-33-42(40(5)6)36-52-45(49)28-23-19-15-11-13-17-21-26-44(54-47(51)30-25-35-48(9)10)27-22-18-14-12-16-20-24-29-46(50)53-37-43(41(7)8)34-32-39(3)4/h38-44H,11-37H2,1-10H3. The van der Waals surface area contributed by atoms with Gasteiger partial charge >= 0.3 is 17.9 Å². The van der Waals surface area contributed by atoms with Crippen LogP contribution in [0.15, 0.2) is 0 Å². The molecular formula is C47H91NO6. The Hall–Kier alpha value is -1.63. The van der Waals surface area contributed by atoms with Gasteiger partial charge in [-0.3, -0.25) is 14.4 Å². The zero-order chi connectivity index (χ0) is 40.6. The summed E-state index contributed by atoms with van der Waals surface area (Å²) < 4.78 is 17.3. The van der Waals surface area contributed by atoms with Gasteiger partial charge in [0.2, 0.25) is 0 Å². The Morgan fingerprint density at radius 3 is 1.13 bits per heavy atom. The van der Waals surface area contributed by atoms with Crippen LogP contribution in [0.1, 0.15) is 209 Å². The predicted molar refractivity (Wildman–Crippen MR) is 227 cm³/mol. The lowest BCUT2D eigenvalue weighted by Gasteiger charge is -2.21. The smallest absolute Gasteiger partial charge is 0.306 e. The lowest BCUT2D eigenvalue weighted by atomic mass is 9.89. The molecule has 2 unspecified atom stereocenters. The maximum absolute atomic E-state index is 12.6. The van der Waals surface area contributed by atoms with Gasteiger partial charge in [-0.2, -0.15) is 0 Å². The summed E-state index contributed by atoms with van der Waals surface area (Å²) in [5, 5.41) is 0. The van der Waals surface area contributed by atoms with E-state index in [0.29, 0.717) is 68.0 Å². The van der Waals surface area contributed by atoms with Crippen LogP contribution in [0.2, 0.25) is 0 Å². The number of carbonyl (C=O) groups is 3. The fourth-order valence-corrected chi connectivity index (χ4v) is 6.95. The van der Waals surface area contributed by atoms with E-state index in [1.54, 1.807) is 0 Å². The minimum Gasteiger partial charge on any atom is -0.465 e. The summed E-state index contributed by atoms with van der Waals surface area (Å²) >= 11 is 0. The number of rotatable bonds is 37. The van der Waals surface area contributed by atoms with E-state index in [1.165, 1.54) is 38.5 Å². The van der Waals surface area contributed by atoms with Gasteiger partial charge in [0, 0.05) is 19.3 Å². The lowest BCUT2D eigenvalue weighted by Crippen LogP contribution is -2.20. The highest BCUT2D eigenvalue weighted by Crippen LogP contribution is 2.23. The molecule has 320 valence electrons. The fraction of sp³-hybridized carbons (Fsp3) is 0.936. The van der Waals surface area contributed by atoms with Crippen LogP contribution in [0, 0.1) is 35.5 Å². The average Bonchev–Trinajstić information content (AvgIpc) is 3.09. The number of unbranched alkanes of at least 4 members (excludes halogenated alkanes) is 12. The van der Waals surface area contributed by atoms with Crippen molar-refractivity contribution in [1.82, 2.24) is 4.90 Å². The Labute approximate surface area is 335 Å². The van der Waals surface area contributed by atoms with Gasteiger partial charge in [-0.05, 0) is 114 Å². The van der Waals surface area contributed by atoms with Gasteiger partial charge in [-0.1, -0.05) is 132 Å². The maximum Gasteiger partial charge on any atom is 0.306 e. The molecular weight excluding hydrogens is 675 g/mol. The Bertz CT molecular complexity index is 843. The van der Waals surface area contributed by atoms with Crippen LogP contribution in [-0.4, -0.2) is 62.8 Å². The minimum absolute atomic E-state index is 0.0233. The van der Waals surface area contributed by atoms with Crippen LogP contribution < -0.4 is 0 Å². The molecule has 0 spiro atoms. The van der Waals surface area contributed by atoms with Gasteiger partial charge < -0.3 is 19.1 Å². The van der Waals surface area contributed by atoms with Crippen molar-refractivity contribution in [3.05, 3.63) is 0 Å². The SMILES string of the molecule is CC(C)CCC(COC(=O)CCCCCCCCCC(CCCCCCCCCC(=O)OCC(CCC(C)C)C(C)C)OC(=O)CCCN(C)C)C(C)C. The number of ether oxygens (including phenoxy) is 3. The molecule has 0 aromatic rings. The Balaban J connectivity index is 4.23. The molecule has 0 radical (unpaired) electrons. The van der Waals surface area contributed by atoms with Crippen LogP contribution in [0.3, 0.4) is 0 Å². The Kier molecular flexibility index (Phi) is 33.6. The van der Waals surface area contributed by atoms with Gasteiger partial charge in [0.05, 0.1) is 13.2 Å². The fourth-order valence-electron chi connectivity index (χ4n) is 6.95. The van der Waals surface area contributed by atoms with E-state index >= 15 is 0 Å². The highest BCUT2D eigenvalue weighted by molar-refractivity contribution is 5.70. The van der Waals surface area contributed by atoms with Crippen molar-refractivity contribution >= 4 is 17.9 Å². The van der Waals surface area contributed by atoms with E-state index < -0.39 is 0 Å². The third-order valence-electron chi connectivity index (χ3n) is 11.1. The quantitative estimate of drug-likeness (QED) is 0.0354. The molecule has 0 amide bonds. The van der Waals surface area contributed by atoms with Crippen LogP contribution >= 0.6 is 0 Å². The van der Waals surface area contributed by atoms with Crippen LogP contribution in [0.4, 0.5) is 0 Å². The zero-order valence-corrected chi connectivity index (χ0v) is 37.5. The summed E-state index contributed by atoms with van der Waals surface area (Å²) in [5.41, 5.74) is 0. The summed E-state index contributed by atoms with van der Waals surface area (Å²) in [5.74, 6) is 3.24. The molecule has 0 rings (SSSR count). The summed E-state index contributed by atoms with van der Waals surface area (Å²) in [6, 6.07) is 0. The molecule has 0 heterocycles. The highest BCUT2D eigenvalue weighted by Gasteiger charge is 2.18. The first-order chi connectivity index (χ1) is 25.7. The summed E-state index contributed by atoms with van der Waals surface area (Å²) in [4.78, 5) is 39.3. The second kappa shape index (κ2) is 34.6. The first-order valence-corrected chi connectivity index (χ1v) is 22.9. The number of hydrogen-bond donors (Lipinski definition) is 0. The van der Waals surface area contributed by atoms with E-state index in [1.807, 2.05) is 14.1 Å². The lowest BCUT2D eigenvalue weighted by molar-refractivity contribution is -0.150. The van der Waals surface area contributed by atoms with Gasteiger partial charge in [0.1, 0.15) is 6.10 Å². The third kappa shape index (κ3) is 33.7. The summed E-state index contributed by atoms with van der Waals surface area (Å²) in [6.07, 6.45) is 24.5. The molecule has 0 aromatic carbocycles. The second-order valence-corrected chi connectivity index (χ2v) is 18.4. The summed E-state index contributed by atoms with van der Waals surface area (Å²) in [6.45, 7) is 19.9. The van der Waals surface area contributed by atoms with Crippen molar-refractivity contribution in [1.29, 1.82) is 0 Å².